The number of para-hydroxylation sites is 1. The van der Waals surface area contributed by atoms with Gasteiger partial charge < -0.3 is 4.84 Å². The van der Waals surface area contributed by atoms with Gasteiger partial charge in [-0.15, -0.1) is 0 Å². The van der Waals surface area contributed by atoms with Crippen molar-refractivity contribution in [2.45, 2.75) is 0 Å². The summed E-state index contributed by atoms with van der Waals surface area (Å²) in [4.78, 5) is 13.4. The molecule has 3 rings (SSSR count). The number of benzene rings is 1. The molecule has 1 aromatic carbocycles. The molecule has 3 aromatic rings. The summed E-state index contributed by atoms with van der Waals surface area (Å²) in [6, 6.07) is 9.79. The molecule has 0 spiro atoms. The first-order valence-corrected chi connectivity index (χ1v) is 5.81. The minimum Gasteiger partial charge on any atom is -0.417 e. The zero-order valence-electron chi connectivity index (χ0n) is 9.67. The smallest absolute Gasteiger partial charge is 0.222 e. The molecule has 0 saturated carbocycles. The zero-order chi connectivity index (χ0) is 12.5. The Morgan fingerprint density at radius 1 is 1.22 bits per heavy atom. The molecule has 90 valence electrons. The maximum absolute atomic E-state index is 5.83. The number of halogens is 1. The molecule has 18 heavy (non-hydrogen) atoms. The van der Waals surface area contributed by atoms with Crippen molar-refractivity contribution in [2.24, 2.45) is 0 Å². The molecule has 0 unspecified atom stereocenters. The van der Waals surface area contributed by atoms with E-state index in [0.29, 0.717) is 0 Å². The van der Waals surface area contributed by atoms with E-state index in [2.05, 4.69) is 9.97 Å². The van der Waals surface area contributed by atoms with Gasteiger partial charge in [0.15, 0.2) is 0 Å². The van der Waals surface area contributed by atoms with Crippen LogP contribution in [-0.2, 0) is 0 Å². The fraction of sp³-hybridized carbons (Fsp3) is 0.0769. The second kappa shape index (κ2) is 4.31. The first kappa shape index (κ1) is 11.0. The van der Waals surface area contributed by atoms with Gasteiger partial charge in [-0.2, -0.15) is 4.73 Å². The first-order valence-electron chi connectivity index (χ1n) is 5.43. The molecule has 2 heterocycles. The SMILES string of the molecule is COn1cc(-c2ccnc(Cl)n2)c2ccccc21. The highest BCUT2D eigenvalue weighted by Gasteiger charge is 2.11. The van der Waals surface area contributed by atoms with Gasteiger partial charge in [0.2, 0.25) is 5.28 Å². The Balaban J connectivity index is 2.29. The second-order valence-electron chi connectivity index (χ2n) is 3.78. The quantitative estimate of drug-likeness (QED) is 0.665. The Morgan fingerprint density at radius 3 is 2.83 bits per heavy atom. The van der Waals surface area contributed by atoms with Crippen molar-refractivity contribution in [2.75, 3.05) is 7.11 Å². The number of fused-ring (bicyclic) bond motifs is 1. The third kappa shape index (κ3) is 1.71. The minimum atomic E-state index is 0.238. The molecule has 0 radical (unpaired) electrons. The van der Waals surface area contributed by atoms with Crippen LogP contribution in [0.25, 0.3) is 22.2 Å². The van der Waals surface area contributed by atoms with Crippen LogP contribution >= 0.6 is 11.6 Å². The van der Waals surface area contributed by atoms with Gasteiger partial charge in [0.25, 0.3) is 0 Å². The van der Waals surface area contributed by atoms with Gasteiger partial charge in [-0.05, 0) is 23.7 Å². The largest absolute Gasteiger partial charge is 0.417 e. The number of aromatic nitrogens is 3. The summed E-state index contributed by atoms with van der Waals surface area (Å²) >= 11 is 5.83. The Labute approximate surface area is 109 Å². The third-order valence-corrected chi connectivity index (χ3v) is 2.96. The summed E-state index contributed by atoms with van der Waals surface area (Å²) in [6.45, 7) is 0. The lowest BCUT2D eigenvalue weighted by Gasteiger charge is -1.99. The average molecular weight is 260 g/mol. The average Bonchev–Trinajstić information content (AvgIpc) is 2.77. The summed E-state index contributed by atoms with van der Waals surface area (Å²) in [7, 11) is 1.63. The topological polar surface area (TPSA) is 39.9 Å². The van der Waals surface area contributed by atoms with Crippen molar-refractivity contribution in [1.82, 2.24) is 14.7 Å². The lowest BCUT2D eigenvalue weighted by atomic mass is 10.1. The van der Waals surface area contributed by atoms with Gasteiger partial charge >= 0.3 is 0 Å². The van der Waals surface area contributed by atoms with Crippen molar-refractivity contribution in [3.8, 4) is 11.3 Å². The molecule has 5 heteroatoms. The van der Waals surface area contributed by atoms with Gasteiger partial charge in [-0.1, -0.05) is 18.2 Å². The van der Waals surface area contributed by atoms with E-state index in [1.54, 1.807) is 18.0 Å². The molecule has 0 aliphatic carbocycles. The Morgan fingerprint density at radius 2 is 2.06 bits per heavy atom. The predicted octanol–water partition coefficient (Wildman–Crippen LogP) is 2.81. The van der Waals surface area contributed by atoms with E-state index in [0.717, 1.165) is 22.2 Å². The van der Waals surface area contributed by atoms with Crippen molar-refractivity contribution in [3.05, 3.63) is 48.0 Å². The first-order chi connectivity index (χ1) is 8.79. The molecule has 0 fully saturated rings. The Kier molecular flexibility index (Phi) is 2.64. The Hall–Kier alpha value is -2.07. The summed E-state index contributed by atoms with van der Waals surface area (Å²) in [5, 5.41) is 1.30. The molecule has 0 aliphatic rings. The van der Waals surface area contributed by atoms with Crippen LogP contribution in [-0.4, -0.2) is 21.8 Å². The van der Waals surface area contributed by atoms with Crippen LogP contribution in [0.2, 0.25) is 5.28 Å². The van der Waals surface area contributed by atoms with Gasteiger partial charge in [0.1, 0.15) is 7.11 Å². The lowest BCUT2D eigenvalue weighted by Crippen LogP contribution is -2.02. The fourth-order valence-corrected chi connectivity index (χ4v) is 2.14. The maximum atomic E-state index is 5.83. The normalized spacial score (nSPS) is 10.8. The molecule has 0 amide bonds. The molecule has 0 bridgehead atoms. The van der Waals surface area contributed by atoms with Crippen molar-refractivity contribution in [3.63, 3.8) is 0 Å². The third-order valence-electron chi connectivity index (χ3n) is 2.78. The van der Waals surface area contributed by atoms with Crippen molar-refractivity contribution >= 4 is 22.5 Å². The maximum Gasteiger partial charge on any atom is 0.222 e. The van der Waals surface area contributed by atoms with E-state index in [1.807, 2.05) is 36.5 Å². The van der Waals surface area contributed by atoms with Crippen LogP contribution in [0.1, 0.15) is 0 Å². The lowest BCUT2D eigenvalue weighted by molar-refractivity contribution is 0.179. The molecule has 0 aliphatic heterocycles. The van der Waals surface area contributed by atoms with E-state index in [1.165, 1.54) is 0 Å². The van der Waals surface area contributed by atoms with Gasteiger partial charge in [-0.25, -0.2) is 9.97 Å². The molecular formula is C13H10ClN3O. The highest BCUT2D eigenvalue weighted by Crippen LogP contribution is 2.28. The van der Waals surface area contributed by atoms with E-state index >= 15 is 0 Å². The van der Waals surface area contributed by atoms with E-state index in [4.69, 9.17) is 16.4 Å². The van der Waals surface area contributed by atoms with Crippen LogP contribution in [0.5, 0.6) is 0 Å². The zero-order valence-corrected chi connectivity index (χ0v) is 10.4. The number of nitrogens with zero attached hydrogens (tertiary/aromatic N) is 3. The molecule has 0 saturated heterocycles. The second-order valence-corrected chi connectivity index (χ2v) is 4.12. The number of hydrogen-bond acceptors (Lipinski definition) is 3. The number of hydrogen-bond donors (Lipinski definition) is 0. The Bertz CT molecular complexity index is 708. The molecule has 4 nitrogen and oxygen atoms in total. The van der Waals surface area contributed by atoms with Gasteiger partial charge in [0.05, 0.1) is 17.4 Å². The van der Waals surface area contributed by atoms with Crippen LogP contribution in [0.15, 0.2) is 42.7 Å². The predicted molar refractivity (Wildman–Crippen MR) is 70.5 cm³/mol. The highest BCUT2D eigenvalue weighted by atomic mass is 35.5. The molecule has 0 atom stereocenters. The van der Waals surface area contributed by atoms with E-state index in [-0.39, 0.29) is 5.28 Å². The van der Waals surface area contributed by atoms with Crippen molar-refractivity contribution < 1.29 is 4.84 Å². The summed E-state index contributed by atoms with van der Waals surface area (Å²) < 4.78 is 1.71. The summed E-state index contributed by atoms with van der Waals surface area (Å²) in [5.74, 6) is 0. The van der Waals surface area contributed by atoms with Crippen LogP contribution < -0.4 is 4.84 Å². The van der Waals surface area contributed by atoms with Crippen LogP contribution in [0.3, 0.4) is 0 Å². The fourth-order valence-electron chi connectivity index (χ4n) is 1.99. The molecule has 0 N–H and O–H groups in total. The highest BCUT2D eigenvalue weighted by molar-refractivity contribution is 6.28. The molecule has 2 aromatic heterocycles. The molecular weight excluding hydrogens is 250 g/mol. The summed E-state index contributed by atoms with van der Waals surface area (Å²) in [6.07, 6.45) is 3.53. The monoisotopic (exact) mass is 259 g/mol. The van der Waals surface area contributed by atoms with E-state index in [9.17, 15) is 0 Å². The minimum absolute atomic E-state index is 0.238. The van der Waals surface area contributed by atoms with Gasteiger partial charge in [-0.3, -0.25) is 0 Å². The van der Waals surface area contributed by atoms with Gasteiger partial charge in [0, 0.05) is 17.1 Å². The van der Waals surface area contributed by atoms with Crippen LogP contribution in [0.4, 0.5) is 0 Å². The van der Waals surface area contributed by atoms with Crippen LogP contribution in [0, 0.1) is 0 Å². The number of rotatable bonds is 2. The standard InChI is InChI=1S/C13H10ClN3O/c1-18-17-8-10(9-4-2-3-5-12(9)17)11-6-7-15-13(14)16-11/h2-8H,1H3. The van der Waals surface area contributed by atoms with E-state index < -0.39 is 0 Å². The summed E-state index contributed by atoms with van der Waals surface area (Å²) in [5.41, 5.74) is 2.74. The van der Waals surface area contributed by atoms with Crippen molar-refractivity contribution in [1.29, 1.82) is 0 Å².